The van der Waals surface area contributed by atoms with Crippen LogP contribution in [-0.4, -0.2) is 61.3 Å². The van der Waals surface area contributed by atoms with Crippen molar-refractivity contribution in [3.05, 3.63) is 35.4 Å². The quantitative estimate of drug-likeness (QED) is 0.828. The first kappa shape index (κ1) is 21.0. The minimum absolute atomic E-state index is 0.105. The number of halogens is 2. The van der Waals surface area contributed by atoms with Crippen LogP contribution in [0.15, 0.2) is 18.2 Å². The zero-order valence-corrected chi connectivity index (χ0v) is 17.4. The molecule has 1 aromatic rings. The number of carbonyl (C=O) groups is 1. The van der Waals surface area contributed by atoms with E-state index in [1.165, 1.54) is 18.2 Å². The molecule has 1 saturated heterocycles. The number of amides is 1. The number of hydrogen-bond donors (Lipinski definition) is 1. The van der Waals surface area contributed by atoms with Gasteiger partial charge in [-0.2, -0.15) is 0 Å². The molecular formula is C21H31F2N3O2. The van der Waals surface area contributed by atoms with E-state index in [-0.39, 0.29) is 23.1 Å². The van der Waals surface area contributed by atoms with Gasteiger partial charge in [0.05, 0.1) is 6.04 Å². The first-order valence-corrected chi connectivity index (χ1v) is 9.81. The van der Waals surface area contributed by atoms with Gasteiger partial charge < -0.3 is 19.9 Å². The molecule has 1 spiro atoms. The van der Waals surface area contributed by atoms with Gasteiger partial charge in [-0.3, -0.25) is 0 Å². The molecule has 0 unspecified atom stereocenters. The molecule has 2 aliphatic rings. The predicted octanol–water partition coefficient (Wildman–Crippen LogP) is 3.56. The van der Waals surface area contributed by atoms with Gasteiger partial charge in [0, 0.05) is 36.7 Å². The molecule has 1 amide bonds. The van der Waals surface area contributed by atoms with E-state index in [0.717, 1.165) is 25.9 Å². The summed E-state index contributed by atoms with van der Waals surface area (Å²) in [6, 6.07) is 3.91. The maximum atomic E-state index is 14.2. The molecule has 1 heterocycles. The normalized spacial score (nSPS) is 20.1. The third kappa shape index (κ3) is 4.46. The molecule has 7 heteroatoms. The molecule has 1 aliphatic heterocycles. The number of hydrogen-bond acceptors (Lipinski definition) is 4. The molecule has 2 fully saturated rings. The number of benzene rings is 1. The summed E-state index contributed by atoms with van der Waals surface area (Å²) >= 11 is 0. The fourth-order valence-corrected chi connectivity index (χ4v) is 4.26. The summed E-state index contributed by atoms with van der Waals surface area (Å²) in [5, 5.41) is 3.45. The highest BCUT2D eigenvalue weighted by atomic mass is 19.1. The second kappa shape index (κ2) is 7.59. The molecule has 28 heavy (non-hydrogen) atoms. The molecule has 5 nitrogen and oxygen atoms in total. The van der Waals surface area contributed by atoms with Crippen LogP contribution in [0.3, 0.4) is 0 Å². The highest BCUT2D eigenvalue weighted by Gasteiger charge is 2.54. The topological polar surface area (TPSA) is 44.8 Å². The van der Waals surface area contributed by atoms with Crippen LogP contribution in [-0.2, 0) is 4.74 Å². The van der Waals surface area contributed by atoms with Crippen molar-refractivity contribution < 1.29 is 18.3 Å². The van der Waals surface area contributed by atoms with Gasteiger partial charge in [-0.1, -0.05) is 6.07 Å². The number of nitrogens with zero attached hydrogens (tertiary/aromatic N) is 2. The van der Waals surface area contributed by atoms with E-state index in [9.17, 15) is 13.6 Å². The summed E-state index contributed by atoms with van der Waals surface area (Å²) < 4.78 is 33.7. The Morgan fingerprint density at radius 1 is 1.29 bits per heavy atom. The predicted molar refractivity (Wildman–Crippen MR) is 104 cm³/mol. The van der Waals surface area contributed by atoms with Crippen molar-refractivity contribution >= 4 is 6.09 Å². The molecule has 156 valence electrons. The summed E-state index contributed by atoms with van der Waals surface area (Å²) in [6.45, 7) is 7.51. The van der Waals surface area contributed by atoms with Crippen LogP contribution in [0, 0.1) is 17.0 Å². The summed E-state index contributed by atoms with van der Waals surface area (Å²) in [7, 11) is 3.65. The van der Waals surface area contributed by atoms with Crippen molar-refractivity contribution in [3.8, 4) is 0 Å². The molecule has 1 aromatic carbocycles. The minimum atomic E-state index is -0.516. The molecule has 1 aliphatic carbocycles. The molecule has 3 rings (SSSR count). The fourth-order valence-electron chi connectivity index (χ4n) is 4.26. The lowest BCUT2D eigenvalue weighted by atomic mass is 9.60. The van der Waals surface area contributed by atoms with Crippen LogP contribution in [0.1, 0.15) is 45.2 Å². The van der Waals surface area contributed by atoms with E-state index >= 15 is 0 Å². The molecular weight excluding hydrogens is 364 g/mol. The van der Waals surface area contributed by atoms with Crippen molar-refractivity contribution in [1.82, 2.24) is 15.1 Å². The number of nitrogens with one attached hydrogen (secondary N) is 1. The summed E-state index contributed by atoms with van der Waals surface area (Å²) in [5.41, 5.74) is -0.202. The van der Waals surface area contributed by atoms with Crippen molar-refractivity contribution in [3.63, 3.8) is 0 Å². The molecule has 1 N–H and O–H groups in total. The van der Waals surface area contributed by atoms with Crippen LogP contribution in [0.4, 0.5) is 13.6 Å². The van der Waals surface area contributed by atoms with Gasteiger partial charge in [-0.05, 0) is 59.8 Å². The SMILES string of the molecule is CN(C)[C@H](CNC1CC2(C1)CN(C(=O)OC(C)(C)C)C2)c1c(F)cccc1F. The lowest BCUT2D eigenvalue weighted by Crippen LogP contribution is -2.67. The Kier molecular flexibility index (Phi) is 5.69. The Balaban J connectivity index is 1.48. The van der Waals surface area contributed by atoms with Gasteiger partial charge in [0.2, 0.25) is 0 Å². The van der Waals surface area contributed by atoms with Gasteiger partial charge >= 0.3 is 6.09 Å². The van der Waals surface area contributed by atoms with Crippen LogP contribution < -0.4 is 5.32 Å². The maximum Gasteiger partial charge on any atom is 0.410 e. The number of likely N-dealkylation sites (N-methyl/N-ethyl adjacent to an activating group) is 1. The molecule has 1 saturated carbocycles. The second-order valence-corrected chi connectivity index (χ2v) is 9.46. The van der Waals surface area contributed by atoms with Crippen LogP contribution >= 0.6 is 0 Å². The monoisotopic (exact) mass is 395 g/mol. The molecule has 0 radical (unpaired) electrons. The third-order valence-electron chi connectivity index (χ3n) is 5.62. The Bertz CT molecular complexity index is 699. The zero-order valence-electron chi connectivity index (χ0n) is 17.4. The highest BCUT2D eigenvalue weighted by molar-refractivity contribution is 5.69. The largest absolute Gasteiger partial charge is 0.444 e. The van der Waals surface area contributed by atoms with Crippen molar-refractivity contribution in [2.24, 2.45) is 5.41 Å². The van der Waals surface area contributed by atoms with Crippen LogP contribution in [0.5, 0.6) is 0 Å². The lowest BCUT2D eigenvalue weighted by Gasteiger charge is -2.59. The number of ether oxygens (including phenoxy) is 1. The van der Waals surface area contributed by atoms with Crippen molar-refractivity contribution in [2.45, 2.75) is 51.3 Å². The van der Waals surface area contributed by atoms with E-state index in [1.54, 1.807) is 4.90 Å². The second-order valence-electron chi connectivity index (χ2n) is 9.46. The highest BCUT2D eigenvalue weighted by Crippen LogP contribution is 2.48. The minimum Gasteiger partial charge on any atom is -0.444 e. The number of rotatable bonds is 5. The standard InChI is InChI=1S/C21H31F2N3O2/c1-20(2,3)28-19(27)26-12-21(13-26)9-14(10-21)24-11-17(25(4)5)18-15(22)7-6-8-16(18)23/h6-8,14,17,24H,9-13H2,1-5H3/t17-/m1/s1. The van der Waals surface area contributed by atoms with Crippen LogP contribution in [0.25, 0.3) is 0 Å². The molecule has 0 bridgehead atoms. The Labute approximate surface area is 166 Å². The first-order chi connectivity index (χ1) is 13.0. The Morgan fingerprint density at radius 2 is 1.86 bits per heavy atom. The maximum absolute atomic E-state index is 14.2. The lowest BCUT2D eigenvalue weighted by molar-refractivity contribution is -0.0833. The van der Waals surface area contributed by atoms with E-state index in [2.05, 4.69) is 5.32 Å². The van der Waals surface area contributed by atoms with E-state index in [0.29, 0.717) is 12.6 Å². The summed E-state index contributed by atoms with van der Waals surface area (Å²) in [4.78, 5) is 15.7. The van der Waals surface area contributed by atoms with E-state index < -0.39 is 17.2 Å². The zero-order chi connectivity index (χ0) is 20.7. The van der Waals surface area contributed by atoms with Gasteiger partial charge in [0.25, 0.3) is 0 Å². The Hall–Kier alpha value is -1.73. The summed E-state index contributed by atoms with van der Waals surface area (Å²) in [6.07, 6.45) is 1.68. The average molecular weight is 395 g/mol. The Morgan fingerprint density at radius 3 is 2.36 bits per heavy atom. The van der Waals surface area contributed by atoms with E-state index in [4.69, 9.17) is 4.74 Å². The first-order valence-electron chi connectivity index (χ1n) is 9.81. The van der Waals surface area contributed by atoms with E-state index in [1.807, 2.05) is 39.8 Å². The average Bonchev–Trinajstić information content (AvgIpc) is 2.47. The smallest absolute Gasteiger partial charge is 0.410 e. The third-order valence-corrected chi connectivity index (χ3v) is 5.62. The molecule has 1 atom stereocenters. The number of carbonyl (C=O) groups excluding carboxylic acids is 1. The fraction of sp³-hybridized carbons (Fsp3) is 0.667. The summed E-state index contributed by atoms with van der Waals surface area (Å²) in [5.74, 6) is -1.03. The van der Waals surface area contributed by atoms with Crippen molar-refractivity contribution in [2.75, 3.05) is 33.7 Å². The molecule has 0 aromatic heterocycles. The number of likely N-dealkylation sites (tertiary alicyclic amines) is 1. The van der Waals surface area contributed by atoms with Crippen molar-refractivity contribution in [1.29, 1.82) is 0 Å². The van der Waals surface area contributed by atoms with Gasteiger partial charge in [-0.15, -0.1) is 0 Å². The van der Waals surface area contributed by atoms with Crippen LogP contribution in [0.2, 0.25) is 0 Å². The van der Waals surface area contributed by atoms with Gasteiger partial charge in [0.1, 0.15) is 17.2 Å². The van der Waals surface area contributed by atoms with Gasteiger partial charge in [-0.25, -0.2) is 13.6 Å². The van der Waals surface area contributed by atoms with Gasteiger partial charge in [0.15, 0.2) is 0 Å².